The van der Waals surface area contributed by atoms with Gasteiger partial charge >= 0.3 is 0 Å². The maximum absolute atomic E-state index is 5.47. The van der Waals surface area contributed by atoms with Crippen molar-refractivity contribution in [2.45, 2.75) is 30.9 Å². The minimum Gasteiger partial charge on any atom is -0.329 e. The van der Waals surface area contributed by atoms with E-state index in [0.29, 0.717) is 18.8 Å². The molecule has 2 aromatic rings. The molecule has 2 heterocycles. The van der Waals surface area contributed by atoms with Crippen LogP contribution in [0.15, 0.2) is 11.5 Å². The first-order chi connectivity index (χ1) is 8.35. The van der Waals surface area contributed by atoms with E-state index in [2.05, 4.69) is 25.6 Å². The number of tetrazole rings is 1. The summed E-state index contributed by atoms with van der Waals surface area (Å²) in [5.41, 5.74) is 5.47. The summed E-state index contributed by atoms with van der Waals surface area (Å²) in [6.45, 7) is 3.98. The van der Waals surface area contributed by atoms with Crippen molar-refractivity contribution in [1.29, 1.82) is 0 Å². The lowest BCUT2D eigenvalue weighted by Gasteiger charge is -2.03. The highest BCUT2D eigenvalue weighted by Gasteiger charge is 2.09. The van der Waals surface area contributed by atoms with Crippen molar-refractivity contribution in [3.8, 4) is 0 Å². The summed E-state index contributed by atoms with van der Waals surface area (Å²) in [6, 6.07) is 0. The predicted molar refractivity (Wildman–Crippen MR) is 62.1 cm³/mol. The fourth-order valence-electron chi connectivity index (χ4n) is 1.36. The highest BCUT2D eigenvalue weighted by Crippen LogP contribution is 2.18. The van der Waals surface area contributed by atoms with Crippen LogP contribution in [0.1, 0.15) is 12.7 Å². The third-order valence-corrected chi connectivity index (χ3v) is 3.12. The first-order valence-electron chi connectivity index (χ1n) is 5.30. The normalized spacial score (nSPS) is 10.9. The molecule has 2 rings (SSSR count). The van der Waals surface area contributed by atoms with Gasteiger partial charge in [0.15, 0.2) is 0 Å². The van der Waals surface area contributed by atoms with Crippen LogP contribution in [0.2, 0.25) is 0 Å². The van der Waals surface area contributed by atoms with E-state index in [9.17, 15) is 0 Å². The van der Waals surface area contributed by atoms with E-state index in [1.807, 2.05) is 11.6 Å². The second kappa shape index (κ2) is 5.73. The molecule has 92 valence electrons. The highest BCUT2D eigenvalue weighted by molar-refractivity contribution is 7.98. The largest absolute Gasteiger partial charge is 0.329 e. The summed E-state index contributed by atoms with van der Waals surface area (Å²) in [5, 5.41) is 16.3. The van der Waals surface area contributed by atoms with Gasteiger partial charge in [-0.1, -0.05) is 11.8 Å². The molecule has 0 aliphatic rings. The van der Waals surface area contributed by atoms with Gasteiger partial charge in [-0.25, -0.2) is 14.3 Å². The van der Waals surface area contributed by atoms with E-state index in [1.54, 1.807) is 11.0 Å². The maximum atomic E-state index is 5.47. The second-order valence-electron chi connectivity index (χ2n) is 3.25. The van der Waals surface area contributed by atoms with Gasteiger partial charge in [-0.2, -0.15) is 5.10 Å². The van der Waals surface area contributed by atoms with E-state index in [-0.39, 0.29) is 0 Å². The van der Waals surface area contributed by atoms with Gasteiger partial charge in [0, 0.05) is 13.1 Å². The molecule has 0 spiro atoms. The number of rotatable bonds is 6. The Hall–Kier alpha value is -1.48. The monoisotopic (exact) mass is 254 g/mol. The van der Waals surface area contributed by atoms with Crippen molar-refractivity contribution >= 4 is 11.8 Å². The molecule has 0 bridgehead atoms. The summed E-state index contributed by atoms with van der Waals surface area (Å²) in [5.74, 6) is 1.61. The molecule has 0 aliphatic heterocycles. The van der Waals surface area contributed by atoms with Crippen molar-refractivity contribution in [1.82, 2.24) is 35.0 Å². The van der Waals surface area contributed by atoms with Crippen molar-refractivity contribution in [2.24, 2.45) is 5.73 Å². The molecule has 0 aliphatic carbocycles. The number of nitrogens with zero attached hydrogens (tertiary/aromatic N) is 7. The Morgan fingerprint density at radius 2 is 2.29 bits per heavy atom. The molecule has 0 aromatic carbocycles. The molecule has 17 heavy (non-hydrogen) atoms. The summed E-state index contributed by atoms with van der Waals surface area (Å²) < 4.78 is 3.54. The van der Waals surface area contributed by atoms with Crippen LogP contribution < -0.4 is 5.73 Å². The Morgan fingerprint density at radius 3 is 3.06 bits per heavy atom. The summed E-state index contributed by atoms with van der Waals surface area (Å²) in [7, 11) is 0. The Balaban J connectivity index is 1.99. The van der Waals surface area contributed by atoms with Crippen LogP contribution in [0, 0.1) is 0 Å². The van der Waals surface area contributed by atoms with Crippen LogP contribution in [-0.4, -0.2) is 41.5 Å². The van der Waals surface area contributed by atoms with E-state index in [0.717, 1.165) is 17.5 Å². The molecule has 0 fully saturated rings. The zero-order valence-corrected chi connectivity index (χ0v) is 10.3. The van der Waals surface area contributed by atoms with Crippen molar-refractivity contribution < 1.29 is 0 Å². The topological polar surface area (TPSA) is 100 Å². The van der Waals surface area contributed by atoms with Gasteiger partial charge < -0.3 is 5.73 Å². The van der Waals surface area contributed by atoms with E-state index in [4.69, 9.17) is 5.73 Å². The molecule has 2 N–H and O–H groups in total. The number of nitrogens with two attached hydrogens (primary N) is 1. The van der Waals surface area contributed by atoms with Gasteiger partial charge in [-0.15, -0.1) is 5.10 Å². The molecule has 8 nitrogen and oxygen atoms in total. The zero-order chi connectivity index (χ0) is 12.1. The quantitative estimate of drug-likeness (QED) is 0.696. The van der Waals surface area contributed by atoms with Crippen molar-refractivity contribution in [3.63, 3.8) is 0 Å². The van der Waals surface area contributed by atoms with Crippen LogP contribution >= 0.6 is 11.8 Å². The Bertz CT molecular complexity index is 464. The lowest BCUT2D eigenvalue weighted by atomic mass is 10.6. The fourth-order valence-corrected chi connectivity index (χ4v) is 2.21. The van der Waals surface area contributed by atoms with Gasteiger partial charge in [0.1, 0.15) is 12.2 Å². The van der Waals surface area contributed by atoms with Crippen molar-refractivity contribution in [2.75, 3.05) is 6.54 Å². The SMILES string of the molecule is CCn1ncnc1CSc1nnnn1CCN. The van der Waals surface area contributed by atoms with Crippen molar-refractivity contribution in [3.05, 3.63) is 12.2 Å². The molecule has 0 amide bonds. The number of aryl methyl sites for hydroxylation is 1. The fraction of sp³-hybridized carbons (Fsp3) is 0.625. The molecule has 2 aromatic heterocycles. The van der Waals surface area contributed by atoms with Gasteiger partial charge in [-0.3, -0.25) is 0 Å². The second-order valence-corrected chi connectivity index (χ2v) is 4.20. The van der Waals surface area contributed by atoms with E-state index < -0.39 is 0 Å². The predicted octanol–water partition coefficient (Wildman–Crippen LogP) is -0.464. The van der Waals surface area contributed by atoms with Gasteiger partial charge in [0.25, 0.3) is 0 Å². The summed E-state index contributed by atoms with van der Waals surface area (Å²) in [4.78, 5) is 4.19. The smallest absolute Gasteiger partial charge is 0.209 e. The minimum absolute atomic E-state index is 0.518. The van der Waals surface area contributed by atoms with Crippen LogP contribution in [0.5, 0.6) is 0 Å². The maximum Gasteiger partial charge on any atom is 0.209 e. The number of hydrogen-bond acceptors (Lipinski definition) is 7. The molecule has 0 unspecified atom stereocenters. The van der Waals surface area contributed by atoms with Gasteiger partial charge in [0.2, 0.25) is 5.16 Å². The van der Waals surface area contributed by atoms with E-state index in [1.165, 1.54) is 11.8 Å². The van der Waals surface area contributed by atoms with E-state index >= 15 is 0 Å². The molecular formula is C8H14N8S. The minimum atomic E-state index is 0.518. The molecule has 9 heteroatoms. The Kier molecular flexibility index (Phi) is 4.04. The lowest BCUT2D eigenvalue weighted by Crippen LogP contribution is -2.12. The zero-order valence-electron chi connectivity index (χ0n) is 9.52. The average molecular weight is 254 g/mol. The third-order valence-electron chi connectivity index (χ3n) is 2.17. The first-order valence-corrected chi connectivity index (χ1v) is 6.29. The number of hydrogen-bond donors (Lipinski definition) is 1. The lowest BCUT2D eigenvalue weighted by molar-refractivity contribution is 0.556. The van der Waals surface area contributed by atoms with Gasteiger partial charge in [-0.05, 0) is 17.4 Å². The highest BCUT2D eigenvalue weighted by atomic mass is 32.2. The first kappa shape index (κ1) is 12.0. The standard InChI is InChI=1S/C8H14N8S/c1-2-15-7(10-6-11-15)5-17-8-12-13-14-16(8)4-3-9/h6H,2-5,9H2,1H3. The molecule has 0 saturated heterocycles. The number of aromatic nitrogens is 7. The Morgan fingerprint density at radius 1 is 1.41 bits per heavy atom. The Labute approximate surface area is 103 Å². The van der Waals surface area contributed by atoms with Crippen LogP contribution in [-0.2, 0) is 18.8 Å². The van der Waals surface area contributed by atoms with Crippen LogP contribution in [0.3, 0.4) is 0 Å². The molecular weight excluding hydrogens is 240 g/mol. The molecule has 0 radical (unpaired) electrons. The number of thioether (sulfide) groups is 1. The summed E-state index contributed by atoms with van der Waals surface area (Å²) in [6.07, 6.45) is 1.56. The summed E-state index contributed by atoms with van der Waals surface area (Å²) >= 11 is 1.53. The van der Waals surface area contributed by atoms with Crippen LogP contribution in [0.4, 0.5) is 0 Å². The molecule has 0 atom stereocenters. The van der Waals surface area contributed by atoms with Gasteiger partial charge in [0.05, 0.1) is 12.3 Å². The third kappa shape index (κ3) is 2.80. The molecule has 0 saturated carbocycles. The average Bonchev–Trinajstić information content (AvgIpc) is 2.95. The van der Waals surface area contributed by atoms with Crippen LogP contribution in [0.25, 0.3) is 0 Å².